The van der Waals surface area contributed by atoms with Crippen molar-refractivity contribution in [1.29, 1.82) is 0 Å². The molecule has 7 nitrogen and oxygen atoms in total. The minimum atomic E-state index is -1.04. The molecule has 2 aromatic rings. The molecule has 0 atom stereocenters. The van der Waals surface area contributed by atoms with Crippen LogP contribution < -0.4 is 10.9 Å². The average molecular weight is 340 g/mol. The second kappa shape index (κ2) is 6.72. The molecule has 0 aromatic heterocycles. The van der Waals surface area contributed by atoms with Gasteiger partial charge < -0.3 is 15.1 Å². The van der Waals surface area contributed by atoms with Gasteiger partial charge in [0.15, 0.2) is 5.75 Å². The first kappa shape index (κ1) is 16.6. The maximum atomic E-state index is 12.2. The Hall–Kier alpha value is -3.22. The summed E-state index contributed by atoms with van der Waals surface area (Å²) in [5, 5.41) is 18.8. The standard InChI is InChI=1S/C18H16N2O5/c21-12-5-1-3-11(9-12)4-2-7-20-8-6-19-13(10-20)15(22)14-16(23)18(25)17(14)24/h1,3,5-6,9-10,21,23H,2,4,7-8H2. The Morgan fingerprint density at radius 1 is 1.20 bits per heavy atom. The molecule has 0 unspecified atom stereocenters. The van der Waals surface area contributed by atoms with Crippen molar-refractivity contribution in [3.63, 3.8) is 0 Å². The zero-order valence-electron chi connectivity index (χ0n) is 13.3. The van der Waals surface area contributed by atoms with Crippen LogP contribution >= 0.6 is 0 Å². The van der Waals surface area contributed by atoms with Crippen LogP contribution in [0.1, 0.15) is 22.3 Å². The van der Waals surface area contributed by atoms with Crippen LogP contribution in [0, 0.1) is 0 Å². The van der Waals surface area contributed by atoms with E-state index in [2.05, 4.69) is 4.99 Å². The van der Waals surface area contributed by atoms with E-state index in [1.54, 1.807) is 24.4 Å². The van der Waals surface area contributed by atoms with Gasteiger partial charge in [-0.15, -0.1) is 0 Å². The Bertz CT molecular complexity index is 951. The molecular weight excluding hydrogens is 324 g/mol. The van der Waals surface area contributed by atoms with Crippen LogP contribution in [-0.4, -0.2) is 40.2 Å². The van der Waals surface area contributed by atoms with Gasteiger partial charge in [0.2, 0.25) is 11.2 Å². The van der Waals surface area contributed by atoms with Gasteiger partial charge in [0, 0.05) is 19.0 Å². The number of aromatic hydroxyl groups is 2. The fourth-order valence-corrected chi connectivity index (χ4v) is 2.69. The van der Waals surface area contributed by atoms with Crippen LogP contribution in [0.2, 0.25) is 0 Å². The number of carbonyl (C=O) groups excluding carboxylic acids is 1. The van der Waals surface area contributed by atoms with Gasteiger partial charge in [-0.25, -0.2) is 0 Å². The Labute approximate surface area is 142 Å². The van der Waals surface area contributed by atoms with Gasteiger partial charge in [0.1, 0.15) is 17.0 Å². The van der Waals surface area contributed by atoms with Crippen molar-refractivity contribution in [2.75, 3.05) is 13.1 Å². The lowest BCUT2D eigenvalue weighted by Gasteiger charge is -2.22. The molecule has 3 rings (SSSR count). The number of rotatable bonds is 6. The zero-order valence-corrected chi connectivity index (χ0v) is 13.3. The smallest absolute Gasteiger partial charge is 0.268 e. The summed E-state index contributed by atoms with van der Waals surface area (Å²) < 4.78 is 0. The lowest BCUT2D eigenvalue weighted by atomic mass is 10.0. The third-order valence-electron chi connectivity index (χ3n) is 4.02. The predicted octanol–water partition coefficient (Wildman–Crippen LogP) is 0.737. The molecule has 128 valence electrons. The summed E-state index contributed by atoms with van der Waals surface area (Å²) in [5.74, 6) is -1.30. The molecular formula is C18H16N2O5. The molecule has 7 heteroatoms. The van der Waals surface area contributed by atoms with Crippen molar-refractivity contribution in [3.05, 3.63) is 67.7 Å². The molecule has 0 saturated carbocycles. The van der Waals surface area contributed by atoms with E-state index in [9.17, 15) is 24.6 Å². The Balaban J connectivity index is 1.63. The monoisotopic (exact) mass is 340 g/mol. The maximum Gasteiger partial charge on any atom is 0.268 e. The van der Waals surface area contributed by atoms with E-state index >= 15 is 0 Å². The largest absolute Gasteiger partial charge is 0.508 e. The molecule has 0 spiro atoms. The minimum absolute atomic E-state index is 0.0194. The molecule has 0 radical (unpaired) electrons. The number of benzene rings is 1. The van der Waals surface area contributed by atoms with Crippen LogP contribution in [0.5, 0.6) is 11.5 Å². The predicted molar refractivity (Wildman–Crippen MR) is 91.9 cm³/mol. The molecule has 0 bridgehead atoms. The summed E-state index contributed by atoms with van der Waals surface area (Å²) in [6.07, 6.45) is 4.63. The van der Waals surface area contributed by atoms with Crippen molar-refractivity contribution in [3.8, 4) is 11.5 Å². The van der Waals surface area contributed by atoms with Crippen molar-refractivity contribution in [1.82, 2.24) is 4.90 Å². The lowest BCUT2D eigenvalue weighted by Crippen LogP contribution is -2.38. The summed E-state index contributed by atoms with van der Waals surface area (Å²) in [6.45, 7) is 1.17. The summed E-state index contributed by atoms with van der Waals surface area (Å²) in [5.41, 5.74) is -1.47. The Kier molecular flexibility index (Phi) is 4.47. The second-order valence-electron chi connectivity index (χ2n) is 5.81. The van der Waals surface area contributed by atoms with Gasteiger partial charge in [-0.2, -0.15) is 0 Å². The van der Waals surface area contributed by atoms with E-state index < -0.39 is 28.0 Å². The highest BCUT2D eigenvalue weighted by Gasteiger charge is 2.29. The fraction of sp³-hybridized carbons (Fsp3) is 0.222. The van der Waals surface area contributed by atoms with Crippen molar-refractivity contribution in [2.24, 2.45) is 4.99 Å². The first-order valence-electron chi connectivity index (χ1n) is 7.80. The summed E-state index contributed by atoms with van der Waals surface area (Å²) in [7, 11) is 0. The highest BCUT2D eigenvalue weighted by molar-refractivity contribution is 6.11. The van der Waals surface area contributed by atoms with Crippen LogP contribution in [0.3, 0.4) is 0 Å². The number of ketones is 1. The lowest BCUT2D eigenvalue weighted by molar-refractivity contribution is 0.102. The van der Waals surface area contributed by atoms with E-state index in [1.807, 2.05) is 11.0 Å². The van der Waals surface area contributed by atoms with Gasteiger partial charge in [-0.3, -0.25) is 19.4 Å². The van der Waals surface area contributed by atoms with E-state index in [0.29, 0.717) is 13.1 Å². The normalized spacial score (nSPS) is 13.9. The van der Waals surface area contributed by atoms with E-state index in [4.69, 9.17) is 0 Å². The number of aliphatic imine (C=N–C) groups is 1. The maximum absolute atomic E-state index is 12.2. The van der Waals surface area contributed by atoms with Crippen LogP contribution in [0.25, 0.3) is 0 Å². The second-order valence-corrected chi connectivity index (χ2v) is 5.81. The summed E-state index contributed by atoms with van der Waals surface area (Å²) in [4.78, 5) is 40.4. The molecule has 0 amide bonds. The quantitative estimate of drug-likeness (QED) is 0.593. The first-order valence-corrected chi connectivity index (χ1v) is 7.80. The van der Waals surface area contributed by atoms with Crippen molar-refractivity contribution in [2.45, 2.75) is 12.8 Å². The fourth-order valence-electron chi connectivity index (χ4n) is 2.69. The van der Waals surface area contributed by atoms with Gasteiger partial charge in [0.05, 0.1) is 6.54 Å². The number of aryl methyl sites for hydroxylation is 1. The van der Waals surface area contributed by atoms with Crippen LogP contribution in [-0.2, 0) is 6.42 Å². The molecule has 2 aromatic carbocycles. The van der Waals surface area contributed by atoms with Crippen LogP contribution in [0.15, 0.2) is 50.7 Å². The molecule has 1 aliphatic heterocycles. The molecule has 2 N–H and O–H groups in total. The SMILES string of the molecule is O=C(C1=CN(CCCc2cccc(O)c2)CC=N1)c1c(O)c(=O)c1=O. The summed E-state index contributed by atoms with van der Waals surface area (Å²) in [6, 6.07) is 7.03. The third-order valence-corrected chi connectivity index (χ3v) is 4.02. The molecule has 0 saturated heterocycles. The number of hydrogen-bond donors (Lipinski definition) is 2. The molecule has 25 heavy (non-hydrogen) atoms. The molecule has 1 aliphatic rings. The van der Waals surface area contributed by atoms with Crippen molar-refractivity contribution >= 4 is 12.0 Å². The molecule has 0 fully saturated rings. The molecule has 0 aliphatic carbocycles. The minimum Gasteiger partial charge on any atom is -0.508 e. The number of phenolic OH excluding ortho intramolecular Hbond substituents is 1. The summed E-state index contributed by atoms with van der Waals surface area (Å²) >= 11 is 0. The topological polar surface area (TPSA) is 107 Å². The first-order chi connectivity index (χ1) is 12.0. The van der Waals surface area contributed by atoms with E-state index in [1.165, 1.54) is 6.20 Å². The highest BCUT2D eigenvalue weighted by atomic mass is 16.3. The number of hydrogen-bond acceptors (Lipinski definition) is 7. The Morgan fingerprint density at radius 3 is 2.72 bits per heavy atom. The number of carbonyl (C=O) groups is 1. The van der Waals surface area contributed by atoms with Crippen LogP contribution in [0.4, 0.5) is 0 Å². The third kappa shape index (κ3) is 3.35. The van der Waals surface area contributed by atoms with Gasteiger partial charge in [-0.1, -0.05) is 12.1 Å². The highest BCUT2D eigenvalue weighted by Crippen LogP contribution is 2.18. The number of Topliss-reactive ketones (excluding diaryl/α,β-unsaturated/α-hetero) is 1. The van der Waals surface area contributed by atoms with Gasteiger partial charge in [-0.05, 0) is 30.5 Å². The number of phenols is 1. The molecule has 1 heterocycles. The number of nitrogens with zero attached hydrogens (tertiary/aromatic N) is 2. The average Bonchev–Trinajstić information content (AvgIpc) is 2.62. The van der Waals surface area contributed by atoms with Crippen molar-refractivity contribution < 1.29 is 15.0 Å². The van der Waals surface area contributed by atoms with E-state index in [-0.39, 0.29) is 11.4 Å². The van der Waals surface area contributed by atoms with Gasteiger partial charge in [0.25, 0.3) is 5.43 Å². The zero-order chi connectivity index (χ0) is 18.0. The van der Waals surface area contributed by atoms with Gasteiger partial charge >= 0.3 is 0 Å². The van der Waals surface area contributed by atoms with E-state index in [0.717, 1.165) is 18.4 Å². The number of allylic oxidation sites excluding steroid dienone is 1. The Morgan fingerprint density at radius 2 is 2.00 bits per heavy atom.